The Kier molecular flexibility index (Phi) is 2.69. The monoisotopic (exact) mass is 209 g/mol. The van der Waals surface area contributed by atoms with Gasteiger partial charge in [-0.2, -0.15) is 0 Å². The van der Waals surface area contributed by atoms with E-state index in [1.807, 2.05) is 11.7 Å². The van der Waals surface area contributed by atoms with E-state index in [-0.39, 0.29) is 0 Å². The van der Waals surface area contributed by atoms with Crippen LogP contribution >= 0.6 is 0 Å². The first-order valence-corrected chi connectivity index (χ1v) is 5.48. The zero-order valence-corrected chi connectivity index (χ0v) is 9.87. The molecule has 1 aliphatic heterocycles. The highest BCUT2D eigenvalue weighted by molar-refractivity contribution is 5.35. The van der Waals surface area contributed by atoms with Gasteiger partial charge in [-0.1, -0.05) is 13.8 Å². The molecule has 1 unspecified atom stereocenters. The predicted octanol–water partition coefficient (Wildman–Crippen LogP) is 1.27. The van der Waals surface area contributed by atoms with Crippen LogP contribution in [0.3, 0.4) is 0 Å². The number of fused-ring (bicyclic) bond motifs is 1. The van der Waals surface area contributed by atoms with Crippen molar-refractivity contribution >= 4 is 0 Å². The highest BCUT2D eigenvalue weighted by Gasteiger charge is 2.29. The molecule has 1 aromatic rings. The van der Waals surface area contributed by atoms with Gasteiger partial charge in [-0.3, -0.25) is 4.68 Å². The standard InChI is InChI=1S/C11H19N3O/c1-7(2)9-10-8(5-6-12-9)11(15-4)13-14(10)3/h7,9,12H,5-6H2,1-4H3. The fourth-order valence-electron chi connectivity index (χ4n) is 2.34. The van der Waals surface area contributed by atoms with Gasteiger partial charge in [0.15, 0.2) is 0 Å². The average molecular weight is 209 g/mol. The van der Waals surface area contributed by atoms with Crippen molar-refractivity contribution in [1.29, 1.82) is 0 Å². The normalized spacial score (nSPS) is 20.5. The van der Waals surface area contributed by atoms with E-state index in [4.69, 9.17) is 4.74 Å². The SMILES string of the molecule is COc1nn(C)c2c1CCNC2C(C)C. The number of hydrogen-bond acceptors (Lipinski definition) is 3. The van der Waals surface area contributed by atoms with Crippen LogP contribution in [0.15, 0.2) is 0 Å². The van der Waals surface area contributed by atoms with E-state index >= 15 is 0 Å². The molecule has 2 rings (SSSR count). The van der Waals surface area contributed by atoms with Crippen LogP contribution in [0, 0.1) is 5.92 Å². The molecule has 0 saturated heterocycles. The van der Waals surface area contributed by atoms with Gasteiger partial charge in [-0.15, -0.1) is 5.10 Å². The largest absolute Gasteiger partial charge is 0.480 e. The summed E-state index contributed by atoms with van der Waals surface area (Å²) in [6, 6.07) is 0.398. The Balaban J connectivity index is 2.46. The summed E-state index contributed by atoms with van der Waals surface area (Å²) in [5.41, 5.74) is 2.56. The van der Waals surface area contributed by atoms with Crippen molar-refractivity contribution < 1.29 is 4.74 Å². The molecule has 1 aromatic heterocycles. The van der Waals surface area contributed by atoms with Gasteiger partial charge in [-0.05, 0) is 12.3 Å². The van der Waals surface area contributed by atoms with Crippen molar-refractivity contribution in [1.82, 2.24) is 15.1 Å². The zero-order valence-electron chi connectivity index (χ0n) is 9.87. The van der Waals surface area contributed by atoms with Crippen molar-refractivity contribution in [3.63, 3.8) is 0 Å². The topological polar surface area (TPSA) is 39.1 Å². The fraction of sp³-hybridized carbons (Fsp3) is 0.727. The fourth-order valence-corrected chi connectivity index (χ4v) is 2.34. The van der Waals surface area contributed by atoms with Gasteiger partial charge in [0.1, 0.15) is 0 Å². The van der Waals surface area contributed by atoms with Gasteiger partial charge in [0.2, 0.25) is 5.88 Å². The second-order valence-corrected chi connectivity index (χ2v) is 4.42. The molecule has 0 saturated carbocycles. The van der Waals surface area contributed by atoms with Crippen LogP contribution in [0.25, 0.3) is 0 Å². The van der Waals surface area contributed by atoms with Crippen LogP contribution < -0.4 is 10.1 Å². The minimum absolute atomic E-state index is 0.398. The lowest BCUT2D eigenvalue weighted by Gasteiger charge is -2.27. The van der Waals surface area contributed by atoms with Crippen molar-refractivity contribution in [2.24, 2.45) is 13.0 Å². The first kappa shape index (κ1) is 10.5. The summed E-state index contributed by atoms with van der Waals surface area (Å²) in [5, 5.41) is 7.93. The zero-order chi connectivity index (χ0) is 11.0. The predicted molar refractivity (Wildman–Crippen MR) is 59.0 cm³/mol. The summed E-state index contributed by atoms with van der Waals surface area (Å²) < 4.78 is 7.25. The maximum Gasteiger partial charge on any atom is 0.236 e. The number of nitrogens with one attached hydrogen (secondary N) is 1. The second-order valence-electron chi connectivity index (χ2n) is 4.42. The number of methoxy groups -OCH3 is 1. The van der Waals surface area contributed by atoms with Gasteiger partial charge >= 0.3 is 0 Å². The van der Waals surface area contributed by atoms with Crippen molar-refractivity contribution in [3.8, 4) is 5.88 Å². The molecule has 0 bridgehead atoms. The number of hydrogen-bond donors (Lipinski definition) is 1. The lowest BCUT2D eigenvalue weighted by atomic mass is 9.93. The van der Waals surface area contributed by atoms with E-state index < -0.39 is 0 Å². The molecule has 0 spiro atoms. The Morgan fingerprint density at radius 2 is 2.27 bits per heavy atom. The number of nitrogens with zero attached hydrogens (tertiary/aromatic N) is 2. The lowest BCUT2D eigenvalue weighted by Crippen LogP contribution is -2.34. The smallest absolute Gasteiger partial charge is 0.236 e. The number of aromatic nitrogens is 2. The summed E-state index contributed by atoms with van der Waals surface area (Å²) in [5.74, 6) is 1.36. The Hall–Kier alpha value is -1.03. The van der Waals surface area contributed by atoms with Gasteiger partial charge < -0.3 is 10.1 Å². The third kappa shape index (κ3) is 1.63. The highest BCUT2D eigenvalue weighted by Crippen LogP contribution is 2.33. The lowest BCUT2D eigenvalue weighted by molar-refractivity contribution is 0.371. The molecule has 4 heteroatoms. The molecule has 84 valence electrons. The van der Waals surface area contributed by atoms with Gasteiger partial charge in [0.25, 0.3) is 0 Å². The number of ether oxygens (including phenoxy) is 1. The molecule has 1 aliphatic rings. The first-order chi connectivity index (χ1) is 7.15. The minimum atomic E-state index is 0.398. The third-order valence-corrected chi connectivity index (χ3v) is 3.05. The van der Waals surface area contributed by atoms with Crippen LogP contribution in [0.1, 0.15) is 31.1 Å². The summed E-state index contributed by atoms with van der Waals surface area (Å²) in [6.45, 7) is 5.47. The molecular weight excluding hydrogens is 190 g/mol. The average Bonchev–Trinajstić information content (AvgIpc) is 2.55. The molecule has 0 radical (unpaired) electrons. The van der Waals surface area contributed by atoms with Crippen LogP contribution in [-0.2, 0) is 13.5 Å². The summed E-state index contributed by atoms with van der Waals surface area (Å²) in [6.07, 6.45) is 1.01. The number of rotatable bonds is 2. The molecular formula is C11H19N3O. The summed E-state index contributed by atoms with van der Waals surface area (Å²) in [7, 11) is 3.68. The maximum atomic E-state index is 5.30. The Bertz CT molecular complexity index is 357. The molecule has 0 aliphatic carbocycles. The van der Waals surface area contributed by atoms with E-state index in [0.717, 1.165) is 18.8 Å². The maximum absolute atomic E-state index is 5.30. The number of aryl methyl sites for hydroxylation is 1. The van der Waals surface area contributed by atoms with E-state index in [2.05, 4.69) is 24.3 Å². The summed E-state index contributed by atoms with van der Waals surface area (Å²) >= 11 is 0. The van der Waals surface area contributed by atoms with E-state index in [9.17, 15) is 0 Å². The van der Waals surface area contributed by atoms with Crippen LogP contribution in [0.2, 0.25) is 0 Å². The van der Waals surface area contributed by atoms with E-state index in [0.29, 0.717) is 12.0 Å². The van der Waals surface area contributed by atoms with Gasteiger partial charge in [0, 0.05) is 19.2 Å². The molecule has 0 aromatic carbocycles. The highest BCUT2D eigenvalue weighted by atomic mass is 16.5. The van der Waals surface area contributed by atoms with Crippen LogP contribution in [-0.4, -0.2) is 23.4 Å². The molecule has 1 N–H and O–H groups in total. The van der Waals surface area contributed by atoms with Crippen LogP contribution in [0.4, 0.5) is 0 Å². The van der Waals surface area contributed by atoms with E-state index in [1.54, 1.807) is 7.11 Å². The van der Waals surface area contributed by atoms with Crippen molar-refractivity contribution in [3.05, 3.63) is 11.3 Å². The molecule has 15 heavy (non-hydrogen) atoms. The Labute approximate surface area is 90.6 Å². The van der Waals surface area contributed by atoms with Crippen LogP contribution in [0.5, 0.6) is 5.88 Å². The van der Waals surface area contributed by atoms with Crippen molar-refractivity contribution in [2.75, 3.05) is 13.7 Å². The molecule has 1 atom stereocenters. The Morgan fingerprint density at radius 3 is 2.87 bits per heavy atom. The molecule has 0 fully saturated rings. The molecule has 2 heterocycles. The first-order valence-electron chi connectivity index (χ1n) is 5.48. The van der Waals surface area contributed by atoms with Gasteiger partial charge in [0.05, 0.1) is 18.8 Å². The van der Waals surface area contributed by atoms with Crippen molar-refractivity contribution in [2.45, 2.75) is 26.3 Å². The van der Waals surface area contributed by atoms with E-state index in [1.165, 1.54) is 11.3 Å². The Morgan fingerprint density at radius 1 is 1.53 bits per heavy atom. The van der Waals surface area contributed by atoms with Gasteiger partial charge in [-0.25, -0.2) is 0 Å². The minimum Gasteiger partial charge on any atom is -0.480 e. The molecule has 0 amide bonds. The molecule has 4 nitrogen and oxygen atoms in total. The summed E-state index contributed by atoms with van der Waals surface area (Å²) in [4.78, 5) is 0. The quantitative estimate of drug-likeness (QED) is 0.797. The second kappa shape index (κ2) is 3.85. The third-order valence-electron chi connectivity index (χ3n) is 3.05.